The summed E-state index contributed by atoms with van der Waals surface area (Å²) in [5, 5.41) is 9.37. The highest BCUT2D eigenvalue weighted by Gasteiger charge is 2.15. The number of para-hydroxylation sites is 1. The van der Waals surface area contributed by atoms with Crippen molar-refractivity contribution in [1.29, 1.82) is 5.26 Å². The molecular formula is C25H21N3O4S. The van der Waals surface area contributed by atoms with Crippen LogP contribution in [0.1, 0.15) is 16.7 Å². The van der Waals surface area contributed by atoms with Gasteiger partial charge in [0.1, 0.15) is 0 Å². The number of sulfone groups is 1. The Bertz CT molecular complexity index is 1610. The van der Waals surface area contributed by atoms with E-state index in [2.05, 4.69) is 6.07 Å². The van der Waals surface area contributed by atoms with Crippen LogP contribution in [0, 0.1) is 11.3 Å². The van der Waals surface area contributed by atoms with Crippen LogP contribution in [-0.4, -0.2) is 23.8 Å². The van der Waals surface area contributed by atoms with Crippen molar-refractivity contribution < 1.29 is 8.42 Å². The molecule has 0 spiro atoms. The van der Waals surface area contributed by atoms with Crippen LogP contribution in [-0.2, 0) is 28.6 Å². The molecule has 0 unspecified atom stereocenters. The van der Waals surface area contributed by atoms with E-state index in [-0.39, 0.29) is 5.75 Å². The highest BCUT2D eigenvalue weighted by molar-refractivity contribution is 7.89. The topological polar surface area (TPSA) is 102 Å². The molecule has 0 aliphatic heterocycles. The summed E-state index contributed by atoms with van der Waals surface area (Å²) in [6.07, 6.45) is 1.67. The van der Waals surface area contributed by atoms with Crippen LogP contribution in [0.4, 0.5) is 0 Å². The molecule has 0 fully saturated rings. The zero-order chi connectivity index (χ0) is 23.6. The van der Waals surface area contributed by atoms with Gasteiger partial charge in [-0.1, -0.05) is 36.4 Å². The molecule has 8 heteroatoms. The summed E-state index contributed by atoms with van der Waals surface area (Å²) < 4.78 is 26.1. The number of nitriles is 1. The lowest BCUT2D eigenvalue weighted by atomic mass is 10.1. The van der Waals surface area contributed by atoms with E-state index >= 15 is 0 Å². The summed E-state index contributed by atoms with van der Waals surface area (Å²) in [5.41, 5.74) is 1.92. The molecule has 4 aromatic rings. The summed E-state index contributed by atoms with van der Waals surface area (Å²) in [7, 11) is -3.27. The average Bonchev–Trinajstić information content (AvgIpc) is 2.78. The maximum Gasteiger partial charge on any atom is 0.336 e. The van der Waals surface area contributed by atoms with E-state index in [1.54, 1.807) is 65.2 Å². The summed E-state index contributed by atoms with van der Waals surface area (Å²) in [5.74, 6) is -0.184. The zero-order valence-electron chi connectivity index (χ0n) is 17.9. The van der Waals surface area contributed by atoms with Gasteiger partial charge in [-0.2, -0.15) is 5.26 Å². The molecule has 7 nitrogen and oxygen atoms in total. The van der Waals surface area contributed by atoms with E-state index < -0.39 is 21.1 Å². The van der Waals surface area contributed by atoms with Crippen molar-refractivity contribution in [3.8, 4) is 11.8 Å². The van der Waals surface area contributed by atoms with E-state index in [0.29, 0.717) is 40.7 Å². The molecule has 4 rings (SSSR count). The van der Waals surface area contributed by atoms with Gasteiger partial charge in [-0.05, 0) is 53.9 Å². The normalized spacial score (nSPS) is 11.4. The second kappa shape index (κ2) is 8.88. The Hall–Kier alpha value is -3.96. The number of benzene rings is 3. The Kier molecular flexibility index (Phi) is 5.99. The Balaban J connectivity index is 1.83. The van der Waals surface area contributed by atoms with Gasteiger partial charge in [-0.3, -0.25) is 9.36 Å². The van der Waals surface area contributed by atoms with Crippen molar-refractivity contribution >= 4 is 20.7 Å². The molecule has 0 aliphatic carbocycles. The summed E-state index contributed by atoms with van der Waals surface area (Å²) >= 11 is 0. The van der Waals surface area contributed by atoms with Crippen molar-refractivity contribution in [1.82, 2.24) is 9.13 Å². The van der Waals surface area contributed by atoms with Gasteiger partial charge in [0.25, 0.3) is 5.56 Å². The van der Waals surface area contributed by atoms with E-state index in [9.17, 15) is 18.0 Å². The predicted molar refractivity (Wildman–Crippen MR) is 127 cm³/mol. The Morgan fingerprint density at radius 1 is 0.909 bits per heavy atom. The maximum atomic E-state index is 13.5. The van der Waals surface area contributed by atoms with Crippen LogP contribution in [0.3, 0.4) is 0 Å². The smallest absolute Gasteiger partial charge is 0.293 e. The van der Waals surface area contributed by atoms with Gasteiger partial charge in [-0.15, -0.1) is 0 Å². The van der Waals surface area contributed by atoms with Crippen LogP contribution >= 0.6 is 0 Å². The minimum atomic E-state index is -3.27. The lowest BCUT2D eigenvalue weighted by molar-refractivity contribution is 0.601. The fourth-order valence-electron chi connectivity index (χ4n) is 3.84. The van der Waals surface area contributed by atoms with Crippen molar-refractivity contribution in [3.63, 3.8) is 0 Å². The number of aromatic nitrogens is 2. The van der Waals surface area contributed by atoms with Gasteiger partial charge in [0.15, 0.2) is 9.84 Å². The Morgan fingerprint density at radius 2 is 1.64 bits per heavy atom. The van der Waals surface area contributed by atoms with Crippen LogP contribution in [0.15, 0.2) is 82.4 Å². The molecule has 0 bridgehead atoms. The van der Waals surface area contributed by atoms with Crippen LogP contribution < -0.4 is 11.2 Å². The first kappa shape index (κ1) is 22.2. The van der Waals surface area contributed by atoms with Crippen molar-refractivity contribution in [2.24, 2.45) is 0 Å². The lowest BCUT2D eigenvalue weighted by Crippen LogP contribution is -2.39. The van der Waals surface area contributed by atoms with Crippen molar-refractivity contribution in [3.05, 3.63) is 110 Å². The quantitative estimate of drug-likeness (QED) is 0.441. The predicted octanol–water partition coefficient (Wildman–Crippen LogP) is 2.81. The minimum absolute atomic E-state index is 0.184. The van der Waals surface area contributed by atoms with Crippen molar-refractivity contribution in [2.45, 2.75) is 18.7 Å². The fraction of sp³-hybridized carbons (Fsp3) is 0.160. The van der Waals surface area contributed by atoms with E-state index in [0.717, 1.165) is 16.4 Å². The molecule has 1 heterocycles. The first-order chi connectivity index (χ1) is 15.8. The van der Waals surface area contributed by atoms with E-state index in [4.69, 9.17) is 5.26 Å². The van der Waals surface area contributed by atoms with E-state index in [1.807, 2.05) is 12.1 Å². The summed E-state index contributed by atoms with van der Waals surface area (Å²) in [4.78, 5) is 26.7. The molecule has 0 atom stereocenters. The van der Waals surface area contributed by atoms with Gasteiger partial charge in [-0.25, -0.2) is 17.8 Å². The minimum Gasteiger partial charge on any atom is -0.293 e. The molecule has 0 N–H and O–H groups in total. The number of hydrogen-bond acceptors (Lipinski definition) is 5. The van der Waals surface area contributed by atoms with Crippen molar-refractivity contribution in [2.75, 3.05) is 6.26 Å². The first-order valence-corrected chi connectivity index (χ1v) is 12.3. The number of hydrogen-bond donors (Lipinski definition) is 0. The van der Waals surface area contributed by atoms with Gasteiger partial charge in [0, 0.05) is 12.8 Å². The fourth-order valence-corrected chi connectivity index (χ4v) is 4.62. The van der Waals surface area contributed by atoms with E-state index in [1.165, 1.54) is 0 Å². The second-order valence-electron chi connectivity index (χ2n) is 7.89. The second-order valence-corrected chi connectivity index (χ2v) is 10.0. The number of nitrogens with zero attached hydrogens (tertiary/aromatic N) is 3. The average molecular weight is 460 g/mol. The SMILES string of the molecule is CS(=O)(=O)Cc1cccc(-n2c(=O)c3ccccc3n(CCc3ccc(C#N)cc3)c2=O)c1. The molecule has 1 aromatic heterocycles. The summed E-state index contributed by atoms with van der Waals surface area (Å²) in [6, 6.07) is 22.6. The lowest BCUT2D eigenvalue weighted by Gasteiger charge is -2.15. The largest absolute Gasteiger partial charge is 0.336 e. The monoisotopic (exact) mass is 459 g/mol. The summed E-state index contributed by atoms with van der Waals surface area (Å²) in [6.45, 7) is 0.328. The molecule has 33 heavy (non-hydrogen) atoms. The molecule has 0 radical (unpaired) electrons. The molecule has 166 valence electrons. The van der Waals surface area contributed by atoms with Gasteiger partial charge < -0.3 is 0 Å². The highest BCUT2D eigenvalue weighted by atomic mass is 32.2. The van der Waals surface area contributed by atoms with Gasteiger partial charge >= 0.3 is 5.69 Å². The molecule has 0 aliphatic rings. The molecule has 3 aromatic carbocycles. The van der Waals surface area contributed by atoms with Crippen LogP contribution in [0.25, 0.3) is 16.6 Å². The third kappa shape index (κ3) is 4.78. The van der Waals surface area contributed by atoms with Crippen LogP contribution in [0.5, 0.6) is 0 Å². The first-order valence-electron chi connectivity index (χ1n) is 10.3. The number of rotatable bonds is 6. The number of fused-ring (bicyclic) bond motifs is 1. The Labute approximate surface area is 190 Å². The van der Waals surface area contributed by atoms with Crippen LogP contribution in [0.2, 0.25) is 0 Å². The molecule has 0 saturated heterocycles. The third-order valence-corrected chi connectivity index (χ3v) is 6.21. The molecule has 0 saturated carbocycles. The van der Waals surface area contributed by atoms with Gasteiger partial charge in [0.05, 0.1) is 34.0 Å². The molecular weight excluding hydrogens is 438 g/mol. The maximum absolute atomic E-state index is 13.5. The Morgan fingerprint density at radius 3 is 2.33 bits per heavy atom. The third-order valence-electron chi connectivity index (χ3n) is 5.36. The van der Waals surface area contributed by atoms with Gasteiger partial charge in [0.2, 0.25) is 0 Å². The zero-order valence-corrected chi connectivity index (χ0v) is 18.7. The number of aryl methyl sites for hydroxylation is 2. The standard InChI is InChI=1S/C25H21N3O4S/c1-33(31,32)17-20-5-4-6-21(15-20)28-24(29)22-7-2-3-8-23(22)27(25(28)30)14-13-18-9-11-19(16-26)12-10-18/h2-12,15H,13-14,17H2,1H3. The highest BCUT2D eigenvalue weighted by Crippen LogP contribution is 2.14. The molecule has 0 amide bonds.